The summed E-state index contributed by atoms with van der Waals surface area (Å²) in [4.78, 5) is 11.5. The van der Waals surface area contributed by atoms with Gasteiger partial charge in [0.1, 0.15) is 17.1 Å². The van der Waals surface area contributed by atoms with Gasteiger partial charge in [-0.25, -0.2) is 4.79 Å². The van der Waals surface area contributed by atoms with Crippen LogP contribution in [0, 0.1) is 6.92 Å². The minimum Gasteiger partial charge on any atom is -0.465 e. The number of nitrogens with one attached hydrogen (secondary N) is 1. The molecule has 0 spiro atoms. The first-order valence-electron chi connectivity index (χ1n) is 7.04. The number of carbonyl (C=O) groups is 1. The quantitative estimate of drug-likeness (QED) is 0.818. The van der Waals surface area contributed by atoms with Crippen LogP contribution in [0.15, 0.2) is 10.5 Å². The molecule has 0 radical (unpaired) electrons. The van der Waals surface area contributed by atoms with Crippen molar-refractivity contribution in [3.63, 3.8) is 0 Å². The van der Waals surface area contributed by atoms with Crippen LogP contribution in [0.4, 0.5) is 0 Å². The molecule has 0 unspecified atom stereocenters. The molecule has 1 aliphatic carbocycles. The maximum Gasteiger partial charge on any atom is 0.341 e. The number of carbonyl (C=O) groups excluding carboxylic acids is 1. The van der Waals surface area contributed by atoms with Crippen LogP contribution in [0.2, 0.25) is 0 Å². The normalized spacial score (nSPS) is 17.4. The molecular weight excluding hydrogens is 274 g/mol. The van der Waals surface area contributed by atoms with Gasteiger partial charge in [-0.1, -0.05) is 12.8 Å². The highest BCUT2D eigenvalue weighted by molar-refractivity contribution is 8.00. The summed E-state index contributed by atoms with van der Waals surface area (Å²) in [6.45, 7) is 3.43. The molecule has 1 N–H and O–H groups in total. The van der Waals surface area contributed by atoms with Crippen molar-refractivity contribution in [3.05, 3.63) is 23.2 Å². The van der Waals surface area contributed by atoms with Crippen molar-refractivity contribution >= 4 is 17.7 Å². The highest BCUT2D eigenvalue weighted by atomic mass is 32.2. The van der Waals surface area contributed by atoms with Gasteiger partial charge in [-0.15, -0.1) is 0 Å². The van der Waals surface area contributed by atoms with Gasteiger partial charge in [0.25, 0.3) is 0 Å². The van der Waals surface area contributed by atoms with Crippen molar-refractivity contribution in [2.24, 2.45) is 0 Å². The van der Waals surface area contributed by atoms with Gasteiger partial charge >= 0.3 is 5.97 Å². The molecule has 1 aliphatic rings. The van der Waals surface area contributed by atoms with Crippen molar-refractivity contribution < 1.29 is 13.9 Å². The topological polar surface area (TPSA) is 51.5 Å². The molecule has 4 nitrogen and oxygen atoms in total. The zero-order chi connectivity index (χ0) is 14.6. The van der Waals surface area contributed by atoms with Crippen LogP contribution in [-0.4, -0.2) is 30.6 Å². The predicted octanol–water partition coefficient (Wildman–Crippen LogP) is 3.14. The van der Waals surface area contributed by atoms with Crippen LogP contribution in [-0.2, 0) is 11.3 Å². The average molecular weight is 297 g/mol. The lowest BCUT2D eigenvalue weighted by Crippen LogP contribution is -2.34. The molecule has 1 aromatic rings. The first-order chi connectivity index (χ1) is 9.60. The molecular formula is C15H23NO3S. The lowest BCUT2D eigenvalue weighted by Gasteiger charge is -2.26. The van der Waals surface area contributed by atoms with Gasteiger partial charge in [0, 0.05) is 11.3 Å². The first kappa shape index (κ1) is 15.4. The van der Waals surface area contributed by atoms with E-state index in [4.69, 9.17) is 9.15 Å². The standard InChI is InChI=1S/C15H23NO3S/c1-11-13(14(17)18-2)8-12(19-11)9-16-10-15(20-3)6-4-5-7-15/h8,16H,4-7,9-10H2,1-3H3. The molecule has 112 valence electrons. The predicted molar refractivity (Wildman–Crippen MR) is 81.2 cm³/mol. The van der Waals surface area contributed by atoms with Gasteiger partial charge in [0.05, 0.1) is 13.7 Å². The summed E-state index contributed by atoms with van der Waals surface area (Å²) < 4.78 is 10.7. The van der Waals surface area contributed by atoms with Crippen LogP contribution in [0.25, 0.3) is 0 Å². The number of hydrogen-bond donors (Lipinski definition) is 1. The third kappa shape index (κ3) is 3.38. The van der Waals surface area contributed by atoms with Crippen LogP contribution < -0.4 is 5.32 Å². The van der Waals surface area contributed by atoms with E-state index in [2.05, 4.69) is 11.6 Å². The van der Waals surface area contributed by atoms with E-state index < -0.39 is 0 Å². The fourth-order valence-electron chi connectivity index (χ4n) is 2.83. The third-order valence-corrected chi connectivity index (χ3v) is 5.49. The Labute approximate surface area is 124 Å². The molecule has 1 saturated carbocycles. The Morgan fingerprint density at radius 2 is 2.20 bits per heavy atom. The van der Waals surface area contributed by atoms with E-state index in [0.29, 0.717) is 22.6 Å². The summed E-state index contributed by atoms with van der Waals surface area (Å²) in [5.74, 6) is 1.07. The third-order valence-electron chi connectivity index (χ3n) is 4.07. The Balaban J connectivity index is 1.89. The summed E-state index contributed by atoms with van der Waals surface area (Å²) in [5, 5.41) is 3.47. The number of esters is 1. The second kappa shape index (κ2) is 6.68. The van der Waals surface area contributed by atoms with Gasteiger partial charge in [0.15, 0.2) is 0 Å². The van der Waals surface area contributed by atoms with Crippen LogP contribution in [0.3, 0.4) is 0 Å². The first-order valence-corrected chi connectivity index (χ1v) is 8.26. The fourth-order valence-corrected chi connectivity index (χ4v) is 3.77. The number of methoxy groups -OCH3 is 1. The van der Waals surface area contributed by atoms with Crippen molar-refractivity contribution in [3.8, 4) is 0 Å². The van der Waals surface area contributed by atoms with Crippen molar-refractivity contribution in [2.45, 2.75) is 43.9 Å². The molecule has 0 amide bonds. The van der Waals surface area contributed by atoms with E-state index in [1.54, 1.807) is 13.0 Å². The van der Waals surface area contributed by atoms with Crippen LogP contribution in [0.1, 0.15) is 47.6 Å². The highest BCUT2D eigenvalue weighted by Crippen LogP contribution is 2.39. The SMILES string of the molecule is COC(=O)c1cc(CNCC2(SC)CCCC2)oc1C. The maximum atomic E-state index is 11.5. The Hall–Kier alpha value is -0.940. The molecule has 0 bridgehead atoms. The fraction of sp³-hybridized carbons (Fsp3) is 0.667. The second-order valence-electron chi connectivity index (χ2n) is 5.37. The monoisotopic (exact) mass is 297 g/mol. The van der Waals surface area contributed by atoms with E-state index in [9.17, 15) is 4.79 Å². The van der Waals surface area contributed by atoms with E-state index in [0.717, 1.165) is 12.3 Å². The van der Waals surface area contributed by atoms with Crippen molar-refractivity contribution in [1.29, 1.82) is 0 Å². The number of thioether (sulfide) groups is 1. The Morgan fingerprint density at radius 3 is 2.80 bits per heavy atom. The molecule has 1 heterocycles. The number of ether oxygens (including phenoxy) is 1. The zero-order valence-electron chi connectivity index (χ0n) is 12.5. The van der Waals surface area contributed by atoms with Gasteiger partial charge in [0.2, 0.25) is 0 Å². The molecule has 0 saturated heterocycles. The van der Waals surface area contributed by atoms with Gasteiger partial charge in [-0.3, -0.25) is 0 Å². The minimum absolute atomic E-state index is 0.339. The molecule has 0 aromatic carbocycles. The lowest BCUT2D eigenvalue weighted by molar-refractivity contribution is 0.0599. The number of aryl methyl sites for hydroxylation is 1. The lowest BCUT2D eigenvalue weighted by atomic mass is 10.1. The van der Waals surface area contributed by atoms with Gasteiger partial charge < -0.3 is 14.5 Å². The van der Waals surface area contributed by atoms with Crippen molar-refractivity contribution in [1.82, 2.24) is 5.32 Å². The molecule has 1 fully saturated rings. The molecule has 1 aromatic heterocycles. The molecule has 5 heteroatoms. The summed E-state index contributed by atoms with van der Waals surface area (Å²) in [5.41, 5.74) is 0.518. The molecule has 0 atom stereocenters. The number of furan rings is 1. The second-order valence-corrected chi connectivity index (χ2v) is 6.65. The molecule has 20 heavy (non-hydrogen) atoms. The number of hydrogen-bond acceptors (Lipinski definition) is 5. The number of rotatable bonds is 6. The largest absolute Gasteiger partial charge is 0.465 e. The highest BCUT2D eigenvalue weighted by Gasteiger charge is 2.32. The summed E-state index contributed by atoms with van der Waals surface area (Å²) >= 11 is 1.96. The summed E-state index contributed by atoms with van der Waals surface area (Å²) in [7, 11) is 1.38. The van der Waals surface area contributed by atoms with Crippen molar-refractivity contribution in [2.75, 3.05) is 19.9 Å². The molecule has 0 aliphatic heterocycles. The Bertz CT molecular complexity index is 464. The smallest absolute Gasteiger partial charge is 0.341 e. The summed E-state index contributed by atoms with van der Waals surface area (Å²) in [6, 6.07) is 1.77. The average Bonchev–Trinajstić information content (AvgIpc) is 3.06. The minimum atomic E-state index is -0.339. The summed E-state index contributed by atoms with van der Waals surface area (Å²) in [6.07, 6.45) is 7.42. The Morgan fingerprint density at radius 1 is 1.50 bits per heavy atom. The van der Waals surface area contributed by atoms with Crippen LogP contribution in [0.5, 0.6) is 0 Å². The van der Waals surface area contributed by atoms with Crippen LogP contribution >= 0.6 is 11.8 Å². The Kier molecular flexibility index (Phi) is 5.16. The van der Waals surface area contributed by atoms with Gasteiger partial charge in [-0.2, -0.15) is 11.8 Å². The molecule has 2 rings (SSSR count). The van der Waals surface area contributed by atoms with E-state index >= 15 is 0 Å². The van der Waals surface area contributed by atoms with E-state index in [1.165, 1.54) is 32.8 Å². The van der Waals surface area contributed by atoms with Gasteiger partial charge in [-0.05, 0) is 32.1 Å². The zero-order valence-corrected chi connectivity index (χ0v) is 13.3. The van der Waals surface area contributed by atoms with E-state index in [-0.39, 0.29) is 5.97 Å². The maximum absolute atomic E-state index is 11.5. The van der Waals surface area contributed by atoms with E-state index in [1.807, 2.05) is 11.8 Å².